The fourth-order valence-electron chi connectivity index (χ4n) is 1.93. The van der Waals surface area contributed by atoms with Crippen molar-refractivity contribution in [1.29, 1.82) is 0 Å². The Kier molecular flexibility index (Phi) is 5.32. The van der Waals surface area contributed by atoms with E-state index < -0.39 is 0 Å². The Morgan fingerprint density at radius 2 is 1.72 bits per heavy atom. The van der Waals surface area contributed by atoms with Crippen LogP contribution in [0.25, 0.3) is 0 Å². The maximum atomic E-state index is 6.62. The molecular weight excluding hydrogens is 308 g/mol. The van der Waals surface area contributed by atoms with E-state index in [1.165, 1.54) is 16.7 Å². The quantitative estimate of drug-likeness (QED) is 0.561. The first-order valence-corrected chi connectivity index (χ1v) is 7.76. The van der Waals surface area contributed by atoms with Gasteiger partial charge in [0.05, 0.1) is 5.38 Å². The number of benzene rings is 1. The maximum Gasteiger partial charge on any atom is 0.0590 e. The Morgan fingerprint density at radius 3 is 2.22 bits per heavy atom. The highest BCUT2D eigenvalue weighted by Gasteiger charge is 2.24. The molecule has 1 aromatic carbocycles. The van der Waals surface area contributed by atoms with Gasteiger partial charge in [-0.25, -0.2) is 0 Å². The topological polar surface area (TPSA) is 0 Å². The summed E-state index contributed by atoms with van der Waals surface area (Å²) in [5.41, 5.74) is 4.11. The molecule has 2 atom stereocenters. The van der Waals surface area contributed by atoms with Crippen molar-refractivity contribution in [2.75, 3.05) is 0 Å². The first-order chi connectivity index (χ1) is 8.12. The summed E-state index contributed by atoms with van der Waals surface area (Å²) in [5, 5.41) is 0.103. The van der Waals surface area contributed by atoms with Gasteiger partial charge in [-0.05, 0) is 54.4 Å². The molecule has 0 aliphatic rings. The highest BCUT2D eigenvalue weighted by atomic mass is 79.9. The average molecular weight is 332 g/mol. The van der Waals surface area contributed by atoms with Crippen LogP contribution in [-0.4, -0.2) is 0 Å². The zero-order chi connectivity index (χ0) is 14.1. The first kappa shape index (κ1) is 16.0. The van der Waals surface area contributed by atoms with Gasteiger partial charge in [-0.1, -0.05) is 49.7 Å². The van der Waals surface area contributed by atoms with Crippen LogP contribution in [0.4, 0.5) is 0 Å². The molecule has 0 fully saturated rings. The van der Waals surface area contributed by atoms with Crippen molar-refractivity contribution in [2.24, 2.45) is 11.3 Å². The van der Waals surface area contributed by atoms with Crippen LogP contribution in [0, 0.1) is 25.2 Å². The number of hydrogen-bond acceptors (Lipinski definition) is 0. The van der Waals surface area contributed by atoms with E-state index >= 15 is 0 Å². The van der Waals surface area contributed by atoms with Crippen molar-refractivity contribution in [1.82, 2.24) is 0 Å². The lowest BCUT2D eigenvalue weighted by molar-refractivity contribution is 0.245. The summed E-state index contributed by atoms with van der Waals surface area (Å²) in [5.74, 6) is 0.600. The fraction of sp³-hybridized carbons (Fsp3) is 0.625. The molecule has 0 heterocycles. The molecule has 0 bridgehead atoms. The number of rotatable bonds is 3. The molecule has 2 heteroatoms. The third-order valence-electron chi connectivity index (χ3n) is 3.92. The SMILES string of the molecule is Cc1cc(C(Cl)CC(C)C(C)(C)C)c(C)cc1Br. The minimum Gasteiger partial charge on any atom is -0.118 e. The van der Waals surface area contributed by atoms with Gasteiger partial charge in [0.1, 0.15) is 0 Å². The second-order valence-electron chi connectivity index (χ2n) is 6.43. The predicted molar refractivity (Wildman–Crippen MR) is 85.4 cm³/mol. The summed E-state index contributed by atoms with van der Waals surface area (Å²) in [4.78, 5) is 0. The normalized spacial score (nSPS) is 15.6. The van der Waals surface area contributed by atoms with E-state index in [-0.39, 0.29) is 5.38 Å². The summed E-state index contributed by atoms with van der Waals surface area (Å²) in [6, 6.07) is 4.38. The molecule has 0 saturated carbocycles. The standard InChI is InChI=1S/C16H24BrCl/c1-10-8-14(17)11(2)7-13(10)15(18)9-12(3)16(4,5)6/h7-8,12,15H,9H2,1-6H3. The van der Waals surface area contributed by atoms with Gasteiger partial charge < -0.3 is 0 Å². The molecule has 0 amide bonds. The molecule has 0 nitrogen and oxygen atoms in total. The summed E-state index contributed by atoms with van der Waals surface area (Å²) in [6.45, 7) is 13.4. The van der Waals surface area contributed by atoms with Crippen molar-refractivity contribution in [3.8, 4) is 0 Å². The molecule has 0 spiro atoms. The van der Waals surface area contributed by atoms with Gasteiger partial charge in [0.25, 0.3) is 0 Å². The van der Waals surface area contributed by atoms with Gasteiger partial charge in [-0.2, -0.15) is 0 Å². The van der Waals surface area contributed by atoms with Crippen LogP contribution >= 0.6 is 27.5 Å². The Balaban J connectivity index is 2.91. The highest BCUT2D eigenvalue weighted by molar-refractivity contribution is 9.10. The van der Waals surface area contributed by atoms with Gasteiger partial charge in [0, 0.05) is 4.47 Å². The van der Waals surface area contributed by atoms with Crippen LogP contribution < -0.4 is 0 Å². The molecule has 0 aliphatic heterocycles. The molecule has 0 N–H and O–H groups in total. The minimum absolute atomic E-state index is 0.103. The second-order valence-corrected chi connectivity index (χ2v) is 7.81. The fourth-order valence-corrected chi connectivity index (χ4v) is 2.89. The van der Waals surface area contributed by atoms with Gasteiger partial charge in [-0.3, -0.25) is 0 Å². The summed E-state index contributed by atoms with van der Waals surface area (Å²) < 4.78 is 1.16. The molecule has 1 rings (SSSR count). The van der Waals surface area contributed by atoms with Gasteiger partial charge in [0.15, 0.2) is 0 Å². The zero-order valence-electron chi connectivity index (χ0n) is 12.3. The monoisotopic (exact) mass is 330 g/mol. The van der Waals surface area contributed by atoms with E-state index in [9.17, 15) is 0 Å². The number of halogens is 2. The molecule has 0 radical (unpaired) electrons. The molecule has 102 valence electrons. The van der Waals surface area contributed by atoms with Crippen LogP contribution in [0.1, 0.15) is 56.2 Å². The van der Waals surface area contributed by atoms with Crippen LogP contribution in [0.2, 0.25) is 0 Å². The molecule has 0 saturated heterocycles. The van der Waals surface area contributed by atoms with E-state index in [0.717, 1.165) is 10.9 Å². The van der Waals surface area contributed by atoms with Crippen LogP contribution in [0.5, 0.6) is 0 Å². The maximum absolute atomic E-state index is 6.62. The van der Waals surface area contributed by atoms with E-state index in [2.05, 4.69) is 69.6 Å². The lowest BCUT2D eigenvalue weighted by atomic mass is 9.78. The molecular formula is C16H24BrCl. The highest BCUT2D eigenvalue weighted by Crippen LogP contribution is 2.38. The van der Waals surface area contributed by atoms with E-state index in [4.69, 9.17) is 11.6 Å². The smallest absolute Gasteiger partial charge is 0.0590 e. The molecule has 18 heavy (non-hydrogen) atoms. The Labute approximate surface area is 125 Å². The van der Waals surface area contributed by atoms with E-state index in [0.29, 0.717) is 11.3 Å². The Bertz CT molecular complexity index is 418. The summed E-state index contributed by atoms with van der Waals surface area (Å²) in [7, 11) is 0. The van der Waals surface area contributed by atoms with Crippen LogP contribution in [0.15, 0.2) is 16.6 Å². The van der Waals surface area contributed by atoms with Crippen molar-refractivity contribution in [3.05, 3.63) is 33.3 Å². The van der Waals surface area contributed by atoms with Crippen molar-refractivity contribution < 1.29 is 0 Å². The van der Waals surface area contributed by atoms with Crippen LogP contribution in [0.3, 0.4) is 0 Å². The molecule has 1 aromatic rings. The number of aryl methyl sites for hydroxylation is 2. The third kappa shape index (κ3) is 3.99. The number of hydrogen-bond donors (Lipinski definition) is 0. The van der Waals surface area contributed by atoms with E-state index in [1.807, 2.05) is 0 Å². The number of alkyl halides is 1. The van der Waals surface area contributed by atoms with Gasteiger partial charge in [-0.15, -0.1) is 11.6 Å². The molecule has 0 aromatic heterocycles. The first-order valence-electron chi connectivity index (χ1n) is 6.53. The second kappa shape index (κ2) is 5.96. The third-order valence-corrected chi connectivity index (χ3v) is 5.19. The average Bonchev–Trinajstić information content (AvgIpc) is 2.21. The van der Waals surface area contributed by atoms with Crippen molar-refractivity contribution >= 4 is 27.5 Å². The summed E-state index contributed by atoms with van der Waals surface area (Å²) in [6.07, 6.45) is 1.02. The zero-order valence-corrected chi connectivity index (χ0v) is 14.6. The van der Waals surface area contributed by atoms with Crippen molar-refractivity contribution in [2.45, 2.75) is 53.3 Å². The van der Waals surface area contributed by atoms with Gasteiger partial charge >= 0.3 is 0 Å². The minimum atomic E-state index is 0.103. The van der Waals surface area contributed by atoms with Crippen LogP contribution in [-0.2, 0) is 0 Å². The molecule has 0 aliphatic carbocycles. The predicted octanol–water partition coefficient (Wildman–Crippen LogP) is 6.42. The molecule has 2 unspecified atom stereocenters. The van der Waals surface area contributed by atoms with Gasteiger partial charge in [0.2, 0.25) is 0 Å². The summed E-state index contributed by atoms with van der Waals surface area (Å²) >= 11 is 10.2. The Morgan fingerprint density at radius 1 is 1.17 bits per heavy atom. The lowest BCUT2D eigenvalue weighted by Crippen LogP contribution is -2.18. The Hall–Kier alpha value is -0.0100. The van der Waals surface area contributed by atoms with Crippen molar-refractivity contribution in [3.63, 3.8) is 0 Å². The van der Waals surface area contributed by atoms with E-state index in [1.54, 1.807) is 0 Å². The largest absolute Gasteiger partial charge is 0.118 e. The lowest BCUT2D eigenvalue weighted by Gasteiger charge is -2.29.